The van der Waals surface area contributed by atoms with Gasteiger partial charge in [0.15, 0.2) is 22.5 Å². The third kappa shape index (κ3) is 3.62. The molecule has 1 unspecified atom stereocenters. The maximum atomic E-state index is 12.6. The molecule has 2 aromatic carbocycles. The maximum absolute atomic E-state index is 12.6. The van der Waals surface area contributed by atoms with Gasteiger partial charge in [0.2, 0.25) is 0 Å². The predicted octanol–water partition coefficient (Wildman–Crippen LogP) is 4.62. The first-order valence-corrected chi connectivity index (χ1v) is 10.2. The van der Waals surface area contributed by atoms with Crippen molar-refractivity contribution in [3.63, 3.8) is 0 Å². The number of rotatable bonds is 6. The standard InChI is InChI=1S/C21H21N3O3S/c1-3-26-16-11-10-15(12-17(16)27-4-2)20-22-21-24(23-20)19(25)13-18(28-21)14-8-6-5-7-9-14/h5-12,18H,3-4,13H2,1-2H3. The molecule has 4 rings (SSSR count). The highest BCUT2D eigenvalue weighted by atomic mass is 32.2. The Morgan fingerprint density at radius 2 is 1.82 bits per heavy atom. The number of nitrogens with zero attached hydrogens (tertiary/aromatic N) is 3. The lowest BCUT2D eigenvalue weighted by Gasteiger charge is -2.20. The molecule has 1 aliphatic rings. The van der Waals surface area contributed by atoms with Crippen LogP contribution in [-0.2, 0) is 0 Å². The van der Waals surface area contributed by atoms with Gasteiger partial charge in [-0.2, -0.15) is 4.68 Å². The number of fused-ring (bicyclic) bond motifs is 1. The lowest BCUT2D eigenvalue weighted by Crippen LogP contribution is -2.20. The molecule has 0 fully saturated rings. The van der Waals surface area contributed by atoms with Gasteiger partial charge in [-0.05, 0) is 37.6 Å². The Kier molecular flexibility index (Phi) is 5.34. The van der Waals surface area contributed by atoms with E-state index in [1.807, 2.05) is 62.4 Å². The van der Waals surface area contributed by atoms with Crippen LogP contribution in [0.5, 0.6) is 11.5 Å². The van der Waals surface area contributed by atoms with Crippen LogP contribution in [0.2, 0.25) is 0 Å². The largest absolute Gasteiger partial charge is 0.490 e. The summed E-state index contributed by atoms with van der Waals surface area (Å²) in [5.74, 6) is 1.80. The summed E-state index contributed by atoms with van der Waals surface area (Å²) < 4.78 is 12.7. The summed E-state index contributed by atoms with van der Waals surface area (Å²) in [7, 11) is 0. The van der Waals surface area contributed by atoms with E-state index in [1.165, 1.54) is 4.68 Å². The maximum Gasteiger partial charge on any atom is 0.250 e. The Morgan fingerprint density at radius 3 is 2.57 bits per heavy atom. The molecule has 0 spiro atoms. The summed E-state index contributed by atoms with van der Waals surface area (Å²) in [6.45, 7) is 4.95. The third-order valence-electron chi connectivity index (χ3n) is 4.39. The Bertz CT molecular complexity index is 988. The van der Waals surface area contributed by atoms with Gasteiger partial charge in [0.1, 0.15) is 0 Å². The Labute approximate surface area is 167 Å². The minimum Gasteiger partial charge on any atom is -0.490 e. The van der Waals surface area contributed by atoms with Crippen molar-refractivity contribution < 1.29 is 14.3 Å². The highest BCUT2D eigenvalue weighted by Crippen LogP contribution is 2.42. The van der Waals surface area contributed by atoms with Gasteiger partial charge in [-0.1, -0.05) is 42.1 Å². The normalized spacial score (nSPS) is 15.9. The van der Waals surface area contributed by atoms with Crippen molar-refractivity contribution in [3.8, 4) is 22.9 Å². The molecule has 0 radical (unpaired) electrons. The fraction of sp³-hybridized carbons (Fsp3) is 0.286. The zero-order valence-corrected chi connectivity index (χ0v) is 16.6. The van der Waals surface area contributed by atoms with E-state index < -0.39 is 0 Å². The van der Waals surface area contributed by atoms with E-state index in [0.717, 1.165) is 11.1 Å². The van der Waals surface area contributed by atoms with Crippen molar-refractivity contribution in [2.45, 2.75) is 30.7 Å². The van der Waals surface area contributed by atoms with Crippen LogP contribution in [0.1, 0.15) is 35.9 Å². The van der Waals surface area contributed by atoms with Crippen molar-refractivity contribution >= 4 is 17.7 Å². The summed E-state index contributed by atoms with van der Waals surface area (Å²) in [4.78, 5) is 17.2. The predicted molar refractivity (Wildman–Crippen MR) is 108 cm³/mol. The van der Waals surface area contributed by atoms with Gasteiger partial charge in [0.05, 0.1) is 13.2 Å². The Balaban J connectivity index is 1.65. The third-order valence-corrected chi connectivity index (χ3v) is 5.59. The second-order valence-electron chi connectivity index (χ2n) is 6.27. The fourth-order valence-electron chi connectivity index (χ4n) is 3.12. The van der Waals surface area contributed by atoms with Crippen LogP contribution in [0.15, 0.2) is 53.7 Å². The van der Waals surface area contributed by atoms with Crippen LogP contribution in [0.3, 0.4) is 0 Å². The molecular weight excluding hydrogens is 374 g/mol. The van der Waals surface area contributed by atoms with Crippen LogP contribution in [-0.4, -0.2) is 33.9 Å². The molecule has 0 saturated carbocycles. The average Bonchev–Trinajstić information content (AvgIpc) is 3.15. The summed E-state index contributed by atoms with van der Waals surface area (Å²) in [6, 6.07) is 15.6. The van der Waals surface area contributed by atoms with Crippen LogP contribution >= 0.6 is 11.8 Å². The molecule has 1 aromatic heterocycles. The number of carbonyl (C=O) groups excluding carboxylic acids is 1. The molecule has 0 N–H and O–H groups in total. The van der Waals surface area contributed by atoms with Crippen LogP contribution < -0.4 is 9.47 Å². The number of carbonyl (C=O) groups is 1. The van der Waals surface area contributed by atoms with Gasteiger partial charge in [-0.3, -0.25) is 4.79 Å². The number of thioether (sulfide) groups is 1. The Morgan fingerprint density at radius 1 is 1.07 bits per heavy atom. The van der Waals surface area contributed by atoms with E-state index in [9.17, 15) is 4.79 Å². The van der Waals surface area contributed by atoms with Crippen LogP contribution in [0, 0.1) is 0 Å². The van der Waals surface area contributed by atoms with Crippen LogP contribution in [0.4, 0.5) is 0 Å². The molecule has 6 nitrogen and oxygen atoms in total. The van der Waals surface area contributed by atoms with Crippen molar-refractivity contribution in [1.29, 1.82) is 0 Å². The van der Waals surface area contributed by atoms with E-state index in [1.54, 1.807) is 11.8 Å². The molecule has 144 valence electrons. The lowest BCUT2D eigenvalue weighted by atomic mass is 10.1. The zero-order chi connectivity index (χ0) is 19.5. The van der Waals surface area contributed by atoms with E-state index in [2.05, 4.69) is 10.1 Å². The average molecular weight is 395 g/mol. The number of hydrogen-bond acceptors (Lipinski definition) is 6. The molecular formula is C21H21N3O3S. The highest BCUT2D eigenvalue weighted by Gasteiger charge is 2.30. The van der Waals surface area contributed by atoms with E-state index in [0.29, 0.717) is 42.1 Å². The second-order valence-corrected chi connectivity index (χ2v) is 7.44. The number of ether oxygens (including phenoxy) is 2. The summed E-state index contributed by atoms with van der Waals surface area (Å²) in [5, 5.41) is 5.12. The van der Waals surface area contributed by atoms with E-state index in [-0.39, 0.29) is 11.2 Å². The van der Waals surface area contributed by atoms with Crippen molar-refractivity contribution in [1.82, 2.24) is 14.8 Å². The van der Waals surface area contributed by atoms with E-state index in [4.69, 9.17) is 9.47 Å². The number of hydrogen-bond donors (Lipinski definition) is 0. The topological polar surface area (TPSA) is 66.2 Å². The number of aromatic nitrogens is 3. The first kappa shape index (κ1) is 18.6. The van der Waals surface area contributed by atoms with Gasteiger partial charge in [0, 0.05) is 17.2 Å². The molecule has 1 atom stereocenters. The summed E-state index contributed by atoms with van der Waals surface area (Å²) in [6.07, 6.45) is 0.401. The lowest BCUT2D eigenvalue weighted by molar-refractivity contribution is 0.0868. The summed E-state index contributed by atoms with van der Waals surface area (Å²) >= 11 is 1.57. The SMILES string of the molecule is CCOc1ccc(-c2nc3n(n2)C(=O)CC(c2ccccc2)S3)cc1OCC. The molecule has 0 amide bonds. The smallest absolute Gasteiger partial charge is 0.250 e. The molecule has 2 heterocycles. The monoisotopic (exact) mass is 395 g/mol. The molecule has 1 aliphatic heterocycles. The van der Waals surface area contributed by atoms with Crippen molar-refractivity contribution in [2.24, 2.45) is 0 Å². The molecule has 28 heavy (non-hydrogen) atoms. The van der Waals surface area contributed by atoms with Gasteiger partial charge in [-0.25, -0.2) is 4.98 Å². The van der Waals surface area contributed by atoms with Crippen molar-refractivity contribution in [3.05, 3.63) is 54.1 Å². The van der Waals surface area contributed by atoms with Gasteiger partial charge >= 0.3 is 0 Å². The van der Waals surface area contributed by atoms with Crippen molar-refractivity contribution in [2.75, 3.05) is 13.2 Å². The summed E-state index contributed by atoms with van der Waals surface area (Å²) in [5.41, 5.74) is 1.91. The quantitative estimate of drug-likeness (QED) is 0.607. The van der Waals surface area contributed by atoms with Gasteiger partial charge < -0.3 is 9.47 Å². The highest BCUT2D eigenvalue weighted by molar-refractivity contribution is 7.99. The molecule has 0 aliphatic carbocycles. The fourth-order valence-corrected chi connectivity index (χ4v) is 4.27. The van der Waals surface area contributed by atoms with Gasteiger partial charge in [-0.15, -0.1) is 5.10 Å². The molecule has 3 aromatic rings. The number of benzene rings is 2. The first-order valence-electron chi connectivity index (χ1n) is 9.31. The zero-order valence-electron chi connectivity index (χ0n) is 15.8. The van der Waals surface area contributed by atoms with Crippen LogP contribution in [0.25, 0.3) is 11.4 Å². The minimum absolute atomic E-state index is 0.0441. The van der Waals surface area contributed by atoms with Gasteiger partial charge in [0.25, 0.3) is 5.91 Å². The molecule has 0 bridgehead atoms. The molecule has 7 heteroatoms. The van der Waals surface area contributed by atoms with E-state index >= 15 is 0 Å². The minimum atomic E-state index is -0.0441. The first-order chi connectivity index (χ1) is 13.7. The molecule has 0 saturated heterocycles. The second kappa shape index (κ2) is 8.06. The Hall–Kier alpha value is -2.80.